The number of carbonyl (C=O) groups excluding carboxylic acids is 1. The van der Waals surface area contributed by atoms with E-state index in [2.05, 4.69) is 20.0 Å². The standard InChI is InChI=1S/C21H22N4O4S2/c1-29-18-10-9-14(12-19(18)31(27,28)25-15-6-2-3-7-15)20(26)24-21-23-17(13-30-21)16-8-4-5-11-22-16/h4-5,8-13,15,25H,2-3,6-7H2,1H3,(H,23,24,26). The molecule has 162 valence electrons. The molecular weight excluding hydrogens is 436 g/mol. The summed E-state index contributed by atoms with van der Waals surface area (Å²) in [6.07, 6.45) is 5.29. The molecule has 1 amide bonds. The number of anilines is 1. The van der Waals surface area contributed by atoms with Crippen molar-refractivity contribution in [3.8, 4) is 17.1 Å². The van der Waals surface area contributed by atoms with Crippen LogP contribution >= 0.6 is 11.3 Å². The number of carbonyl (C=O) groups is 1. The van der Waals surface area contributed by atoms with E-state index < -0.39 is 15.9 Å². The van der Waals surface area contributed by atoms with E-state index in [1.54, 1.807) is 11.6 Å². The van der Waals surface area contributed by atoms with Gasteiger partial charge in [0.2, 0.25) is 10.0 Å². The van der Waals surface area contributed by atoms with Crippen molar-refractivity contribution in [1.82, 2.24) is 14.7 Å². The van der Waals surface area contributed by atoms with Crippen LogP contribution in [0.3, 0.4) is 0 Å². The molecule has 8 nitrogen and oxygen atoms in total. The number of aromatic nitrogens is 2. The van der Waals surface area contributed by atoms with Gasteiger partial charge in [-0.1, -0.05) is 18.9 Å². The number of nitrogens with one attached hydrogen (secondary N) is 2. The first-order chi connectivity index (χ1) is 15.0. The summed E-state index contributed by atoms with van der Waals surface area (Å²) in [6.45, 7) is 0. The third-order valence-electron chi connectivity index (χ3n) is 5.04. The SMILES string of the molecule is COc1ccc(C(=O)Nc2nc(-c3ccccn3)cs2)cc1S(=O)(=O)NC1CCCC1. The van der Waals surface area contributed by atoms with Gasteiger partial charge in [-0.25, -0.2) is 18.1 Å². The van der Waals surface area contributed by atoms with Gasteiger partial charge in [0.25, 0.3) is 5.91 Å². The fraction of sp³-hybridized carbons (Fsp3) is 0.286. The molecule has 1 aliphatic rings. The minimum atomic E-state index is -3.82. The van der Waals surface area contributed by atoms with Crippen molar-refractivity contribution in [3.05, 3.63) is 53.5 Å². The van der Waals surface area contributed by atoms with E-state index in [0.29, 0.717) is 16.5 Å². The van der Waals surface area contributed by atoms with Crippen LogP contribution in [0.15, 0.2) is 52.9 Å². The van der Waals surface area contributed by atoms with E-state index >= 15 is 0 Å². The minimum Gasteiger partial charge on any atom is -0.495 e. The molecule has 0 radical (unpaired) electrons. The van der Waals surface area contributed by atoms with E-state index in [4.69, 9.17) is 4.74 Å². The third kappa shape index (κ3) is 4.92. The molecule has 4 rings (SSSR count). The lowest BCUT2D eigenvalue weighted by Crippen LogP contribution is -2.33. The van der Waals surface area contributed by atoms with Crippen molar-refractivity contribution in [3.63, 3.8) is 0 Å². The van der Waals surface area contributed by atoms with Crippen molar-refractivity contribution in [2.45, 2.75) is 36.6 Å². The largest absolute Gasteiger partial charge is 0.495 e. The fourth-order valence-corrected chi connectivity index (χ4v) is 5.69. The summed E-state index contributed by atoms with van der Waals surface area (Å²) in [5.41, 5.74) is 1.55. The average molecular weight is 459 g/mol. The monoisotopic (exact) mass is 458 g/mol. The van der Waals surface area contributed by atoms with Gasteiger partial charge in [-0.05, 0) is 43.2 Å². The van der Waals surface area contributed by atoms with Crippen LogP contribution in [0.25, 0.3) is 11.4 Å². The van der Waals surface area contributed by atoms with Crippen molar-refractivity contribution in [1.29, 1.82) is 0 Å². The highest BCUT2D eigenvalue weighted by Crippen LogP contribution is 2.28. The summed E-state index contributed by atoms with van der Waals surface area (Å²) in [6, 6.07) is 9.76. The Kier molecular flexibility index (Phi) is 6.30. The zero-order valence-electron chi connectivity index (χ0n) is 16.9. The summed E-state index contributed by atoms with van der Waals surface area (Å²) in [7, 11) is -2.42. The van der Waals surface area contributed by atoms with Crippen molar-refractivity contribution in [2.75, 3.05) is 12.4 Å². The number of ether oxygens (including phenoxy) is 1. The van der Waals surface area contributed by atoms with Crippen molar-refractivity contribution < 1.29 is 17.9 Å². The molecule has 0 bridgehead atoms. The van der Waals surface area contributed by atoms with Gasteiger partial charge in [0, 0.05) is 23.2 Å². The number of pyridine rings is 1. The zero-order chi connectivity index (χ0) is 21.8. The Labute approximate surface area is 184 Å². The Morgan fingerprint density at radius 3 is 2.68 bits per heavy atom. The number of nitrogens with zero attached hydrogens (tertiary/aromatic N) is 2. The number of hydrogen-bond acceptors (Lipinski definition) is 7. The average Bonchev–Trinajstić information content (AvgIpc) is 3.46. The first-order valence-electron chi connectivity index (χ1n) is 9.85. The van der Waals surface area contributed by atoms with E-state index in [9.17, 15) is 13.2 Å². The van der Waals surface area contributed by atoms with Crippen molar-refractivity contribution in [2.24, 2.45) is 0 Å². The van der Waals surface area contributed by atoms with Crippen LogP contribution < -0.4 is 14.8 Å². The summed E-state index contributed by atoms with van der Waals surface area (Å²) < 4.78 is 33.8. The molecular formula is C21H22N4O4S2. The molecule has 2 heterocycles. The van der Waals surface area contributed by atoms with Gasteiger partial charge in [0.15, 0.2) is 5.13 Å². The van der Waals surface area contributed by atoms with Gasteiger partial charge < -0.3 is 4.74 Å². The molecule has 0 unspecified atom stereocenters. The highest BCUT2D eigenvalue weighted by Gasteiger charge is 2.26. The Bertz CT molecular complexity index is 1170. The van der Waals surface area contributed by atoms with Crippen LogP contribution in [0.5, 0.6) is 5.75 Å². The van der Waals surface area contributed by atoms with Gasteiger partial charge >= 0.3 is 0 Å². The topological polar surface area (TPSA) is 110 Å². The molecule has 0 aliphatic heterocycles. The highest BCUT2D eigenvalue weighted by molar-refractivity contribution is 7.89. The smallest absolute Gasteiger partial charge is 0.257 e. The zero-order valence-corrected chi connectivity index (χ0v) is 18.5. The second-order valence-electron chi connectivity index (χ2n) is 7.18. The number of amides is 1. The van der Waals surface area contributed by atoms with Crippen LogP contribution in [0.1, 0.15) is 36.0 Å². The van der Waals surface area contributed by atoms with E-state index in [0.717, 1.165) is 25.7 Å². The second-order valence-corrected chi connectivity index (χ2v) is 9.72. The Balaban J connectivity index is 1.55. The Morgan fingerprint density at radius 2 is 1.97 bits per heavy atom. The van der Waals surface area contributed by atoms with Gasteiger partial charge in [-0.15, -0.1) is 11.3 Å². The number of sulfonamides is 1. The summed E-state index contributed by atoms with van der Waals surface area (Å²) >= 11 is 1.27. The maximum Gasteiger partial charge on any atom is 0.257 e. The lowest BCUT2D eigenvalue weighted by molar-refractivity contribution is 0.102. The number of benzene rings is 1. The van der Waals surface area contributed by atoms with Gasteiger partial charge in [0.1, 0.15) is 16.3 Å². The molecule has 0 spiro atoms. The molecule has 0 saturated heterocycles. The Morgan fingerprint density at radius 1 is 1.16 bits per heavy atom. The first kappa shape index (κ1) is 21.4. The van der Waals surface area contributed by atoms with Crippen LogP contribution in [0.4, 0.5) is 5.13 Å². The predicted octanol–water partition coefficient (Wildman–Crippen LogP) is 3.69. The lowest BCUT2D eigenvalue weighted by atomic mass is 10.2. The van der Waals surface area contributed by atoms with E-state index in [1.807, 2.05) is 18.2 Å². The maximum atomic E-state index is 12.9. The number of methoxy groups -OCH3 is 1. The number of thiazole rings is 1. The van der Waals surface area contributed by atoms with Crippen LogP contribution in [0.2, 0.25) is 0 Å². The molecule has 1 aromatic carbocycles. The fourth-order valence-electron chi connectivity index (χ4n) is 3.49. The predicted molar refractivity (Wildman–Crippen MR) is 119 cm³/mol. The van der Waals surface area contributed by atoms with E-state index in [-0.39, 0.29) is 22.3 Å². The Hall–Kier alpha value is -2.82. The second kappa shape index (κ2) is 9.13. The number of hydrogen-bond donors (Lipinski definition) is 2. The highest BCUT2D eigenvalue weighted by atomic mass is 32.2. The summed E-state index contributed by atoms with van der Waals surface area (Å²) in [5, 5.41) is 4.92. The molecule has 1 fully saturated rings. The van der Waals surface area contributed by atoms with Crippen LogP contribution in [-0.4, -0.2) is 37.4 Å². The quantitative estimate of drug-likeness (QED) is 0.559. The lowest BCUT2D eigenvalue weighted by Gasteiger charge is -2.15. The summed E-state index contributed by atoms with van der Waals surface area (Å²) in [4.78, 5) is 21.3. The van der Waals surface area contributed by atoms with Crippen molar-refractivity contribution >= 4 is 32.4 Å². The molecule has 2 N–H and O–H groups in total. The molecule has 2 aromatic heterocycles. The molecule has 1 saturated carbocycles. The molecule has 31 heavy (non-hydrogen) atoms. The van der Waals surface area contributed by atoms with E-state index in [1.165, 1.54) is 36.6 Å². The first-order valence-corrected chi connectivity index (χ1v) is 12.2. The van der Waals surface area contributed by atoms with Gasteiger partial charge in [-0.2, -0.15) is 0 Å². The summed E-state index contributed by atoms with van der Waals surface area (Å²) in [5.74, 6) is -0.268. The molecule has 1 aliphatic carbocycles. The molecule has 0 atom stereocenters. The van der Waals surface area contributed by atoms with Crippen LogP contribution in [-0.2, 0) is 10.0 Å². The normalized spacial score (nSPS) is 14.5. The third-order valence-corrected chi connectivity index (χ3v) is 7.34. The molecule has 3 aromatic rings. The van der Waals surface area contributed by atoms with Gasteiger partial charge in [-0.3, -0.25) is 15.1 Å². The maximum absolute atomic E-state index is 12.9. The number of rotatable bonds is 7. The molecule has 10 heteroatoms. The van der Waals surface area contributed by atoms with Crippen LogP contribution in [0, 0.1) is 0 Å². The van der Waals surface area contributed by atoms with Gasteiger partial charge in [0.05, 0.1) is 12.8 Å². The minimum absolute atomic E-state index is 0.0529.